The van der Waals surface area contributed by atoms with Crippen molar-refractivity contribution in [3.05, 3.63) is 35.6 Å². The van der Waals surface area contributed by atoms with Crippen molar-refractivity contribution in [1.82, 2.24) is 10.2 Å². The number of amides is 1. The lowest BCUT2D eigenvalue weighted by Gasteiger charge is -2.43. The van der Waals surface area contributed by atoms with Gasteiger partial charge in [-0.05, 0) is 51.3 Å². The highest BCUT2D eigenvalue weighted by molar-refractivity contribution is 5.90. The zero-order chi connectivity index (χ0) is 15.2. The fourth-order valence-corrected chi connectivity index (χ4v) is 3.80. The summed E-state index contributed by atoms with van der Waals surface area (Å²) in [6.45, 7) is 3.26. The first-order chi connectivity index (χ1) is 10.6. The Morgan fingerprint density at radius 1 is 1.14 bits per heavy atom. The van der Waals surface area contributed by atoms with Crippen LogP contribution in [0.3, 0.4) is 0 Å². The third-order valence-corrected chi connectivity index (χ3v) is 5.74. The second-order valence-corrected chi connectivity index (χ2v) is 7.28. The number of nitrogens with one attached hydrogen (secondary N) is 1. The van der Waals surface area contributed by atoms with Crippen molar-refractivity contribution in [2.24, 2.45) is 0 Å². The lowest BCUT2D eigenvalue weighted by molar-refractivity contribution is -0.131. The van der Waals surface area contributed by atoms with Crippen molar-refractivity contribution in [2.75, 3.05) is 19.6 Å². The van der Waals surface area contributed by atoms with E-state index in [2.05, 4.69) is 10.2 Å². The van der Waals surface area contributed by atoms with E-state index in [1.165, 1.54) is 12.5 Å². The highest BCUT2D eigenvalue weighted by Crippen LogP contribution is 2.47. The molecular weight excluding hydrogens is 279 g/mol. The molecule has 1 heterocycles. The lowest BCUT2D eigenvalue weighted by Crippen LogP contribution is -2.57. The lowest BCUT2D eigenvalue weighted by atomic mass is 9.63. The van der Waals surface area contributed by atoms with Gasteiger partial charge in [0.05, 0.1) is 11.0 Å². The van der Waals surface area contributed by atoms with E-state index in [0.29, 0.717) is 5.56 Å². The van der Waals surface area contributed by atoms with Crippen LogP contribution in [0.4, 0.5) is 4.39 Å². The number of hydrogen-bond donors (Lipinski definition) is 1. The van der Waals surface area contributed by atoms with Gasteiger partial charge in [-0.3, -0.25) is 4.79 Å². The van der Waals surface area contributed by atoms with Gasteiger partial charge in [0.15, 0.2) is 0 Å². The molecule has 0 bridgehead atoms. The number of nitrogens with zero attached hydrogens (tertiary/aromatic N) is 1. The van der Waals surface area contributed by atoms with Crippen molar-refractivity contribution >= 4 is 5.91 Å². The Morgan fingerprint density at radius 3 is 2.36 bits per heavy atom. The molecule has 0 unspecified atom stereocenters. The smallest absolute Gasteiger partial charge is 0.231 e. The van der Waals surface area contributed by atoms with Crippen LogP contribution in [-0.4, -0.2) is 36.0 Å². The summed E-state index contributed by atoms with van der Waals surface area (Å²) in [6, 6.07) is 6.77. The maximum absolute atomic E-state index is 14.2. The van der Waals surface area contributed by atoms with Crippen LogP contribution < -0.4 is 5.32 Å². The fraction of sp³-hybridized carbons (Fsp3) is 0.611. The maximum atomic E-state index is 14.2. The van der Waals surface area contributed by atoms with Gasteiger partial charge < -0.3 is 10.2 Å². The Balaban J connectivity index is 1.52. The SMILES string of the molecule is O=C(NC1(CN2CCC2)CC1)C1(c2ccccc2F)CCC1. The first-order valence-electron chi connectivity index (χ1n) is 8.44. The summed E-state index contributed by atoms with van der Waals surface area (Å²) in [7, 11) is 0. The summed E-state index contributed by atoms with van der Waals surface area (Å²) in [6.07, 6.45) is 5.91. The first kappa shape index (κ1) is 14.2. The fourth-order valence-electron chi connectivity index (χ4n) is 3.80. The van der Waals surface area contributed by atoms with E-state index in [1.54, 1.807) is 12.1 Å². The van der Waals surface area contributed by atoms with Crippen LogP contribution in [0.15, 0.2) is 24.3 Å². The molecule has 3 fully saturated rings. The molecule has 0 radical (unpaired) electrons. The van der Waals surface area contributed by atoms with Crippen molar-refractivity contribution in [1.29, 1.82) is 0 Å². The minimum Gasteiger partial charge on any atom is -0.349 e. The van der Waals surface area contributed by atoms with Gasteiger partial charge in [0, 0.05) is 12.1 Å². The predicted octanol–water partition coefficient (Wildman–Crippen LogP) is 2.60. The molecule has 1 aliphatic heterocycles. The summed E-state index contributed by atoms with van der Waals surface area (Å²) >= 11 is 0. The molecule has 0 spiro atoms. The van der Waals surface area contributed by atoms with Crippen molar-refractivity contribution in [3.63, 3.8) is 0 Å². The molecular formula is C18H23FN2O. The highest BCUT2D eigenvalue weighted by atomic mass is 19.1. The average molecular weight is 302 g/mol. The first-order valence-corrected chi connectivity index (χ1v) is 8.44. The zero-order valence-corrected chi connectivity index (χ0v) is 12.9. The molecule has 1 aromatic rings. The molecule has 0 atom stereocenters. The molecule has 2 aliphatic carbocycles. The third kappa shape index (κ3) is 2.24. The number of benzene rings is 1. The second kappa shape index (κ2) is 5.05. The van der Waals surface area contributed by atoms with E-state index in [-0.39, 0.29) is 17.3 Å². The van der Waals surface area contributed by atoms with Gasteiger partial charge in [0.2, 0.25) is 5.91 Å². The molecule has 118 valence electrons. The van der Waals surface area contributed by atoms with Gasteiger partial charge in [0.1, 0.15) is 5.82 Å². The summed E-state index contributed by atoms with van der Waals surface area (Å²) in [5, 5.41) is 3.29. The normalized spacial score (nSPS) is 25.0. The molecule has 1 saturated heterocycles. The number of halogens is 1. The Morgan fingerprint density at radius 2 is 1.86 bits per heavy atom. The topological polar surface area (TPSA) is 32.3 Å². The van der Waals surface area contributed by atoms with Crippen LogP contribution in [0.25, 0.3) is 0 Å². The van der Waals surface area contributed by atoms with E-state index < -0.39 is 5.41 Å². The number of carbonyl (C=O) groups excluding carboxylic acids is 1. The number of carbonyl (C=O) groups is 1. The van der Waals surface area contributed by atoms with E-state index in [4.69, 9.17) is 0 Å². The van der Waals surface area contributed by atoms with Gasteiger partial charge in [0.25, 0.3) is 0 Å². The number of rotatable bonds is 5. The Hall–Kier alpha value is -1.42. The highest BCUT2D eigenvalue weighted by Gasteiger charge is 2.53. The van der Waals surface area contributed by atoms with Crippen LogP contribution >= 0.6 is 0 Å². The molecule has 3 aliphatic rings. The molecule has 1 amide bonds. The summed E-state index contributed by atoms with van der Waals surface area (Å²) in [5.41, 5.74) is -0.0835. The van der Waals surface area contributed by atoms with Gasteiger partial charge in [-0.25, -0.2) is 4.39 Å². The second-order valence-electron chi connectivity index (χ2n) is 7.28. The van der Waals surface area contributed by atoms with Crippen LogP contribution in [0.2, 0.25) is 0 Å². The van der Waals surface area contributed by atoms with Gasteiger partial charge in [-0.15, -0.1) is 0 Å². The van der Waals surface area contributed by atoms with Crippen molar-refractivity contribution in [3.8, 4) is 0 Å². The standard InChI is InChI=1S/C18H23FN2O/c19-15-6-2-1-5-14(15)18(7-3-8-18)16(22)20-17(9-10-17)13-21-11-4-12-21/h1-2,5-6H,3-4,7-13H2,(H,20,22). The Kier molecular flexibility index (Phi) is 3.26. The quantitative estimate of drug-likeness (QED) is 0.907. The molecule has 1 aromatic carbocycles. The molecule has 1 N–H and O–H groups in total. The van der Waals surface area contributed by atoms with Crippen LogP contribution in [0.1, 0.15) is 44.1 Å². The predicted molar refractivity (Wildman–Crippen MR) is 83.1 cm³/mol. The molecule has 2 saturated carbocycles. The van der Waals surface area contributed by atoms with E-state index in [1.807, 2.05) is 6.07 Å². The third-order valence-electron chi connectivity index (χ3n) is 5.74. The number of hydrogen-bond acceptors (Lipinski definition) is 2. The molecule has 4 heteroatoms. The van der Waals surface area contributed by atoms with Crippen LogP contribution in [0, 0.1) is 5.82 Å². The van der Waals surface area contributed by atoms with Crippen LogP contribution in [0.5, 0.6) is 0 Å². The Bertz CT molecular complexity index is 589. The minimum absolute atomic E-state index is 0.0364. The summed E-state index contributed by atoms with van der Waals surface area (Å²) in [5.74, 6) is -0.202. The van der Waals surface area contributed by atoms with E-state index in [0.717, 1.165) is 51.7 Å². The van der Waals surface area contributed by atoms with Gasteiger partial charge in [-0.1, -0.05) is 24.6 Å². The van der Waals surface area contributed by atoms with E-state index >= 15 is 0 Å². The average Bonchev–Trinajstić information content (AvgIpc) is 3.15. The Labute approximate surface area is 130 Å². The monoisotopic (exact) mass is 302 g/mol. The molecule has 3 nitrogen and oxygen atoms in total. The van der Waals surface area contributed by atoms with Gasteiger partial charge >= 0.3 is 0 Å². The largest absolute Gasteiger partial charge is 0.349 e. The number of likely N-dealkylation sites (tertiary alicyclic amines) is 1. The van der Waals surface area contributed by atoms with Crippen molar-refractivity contribution in [2.45, 2.75) is 49.5 Å². The summed E-state index contributed by atoms with van der Waals surface area (Å²) < 4.78 is 14.2. The molecule has 4 rings (SSSR count). The van der Waals surface area contributed by atoms with Gasteiger partial charge in [-0.2, -0.15) is 0 Å². The van der Waals surface area contributed by atoms with E-state index in [9.17, 15) is 9.18 Å². The van der Waals surface area contributed by atoms with Crippen molar-refractivity contribution < 1.29 is 9.18 Å². The summed E-state index contributed by atoms with van der Waals surface area (Å²) in [4.78, 5) is 15.4. The zero-order valence-electron chi connectivity index (χ0n) is 12.9. The minimum atomic E-state index is -0.629. The molecule has 22 heavy (non-hydrogen) atoms. The molecule has 0 aromatic heterocycles. The maximum Gasteiger partial charge on any atom is 0.231 e. The van der Waals surface area contributed by atoms with Crippen LogP contribution in [-0.2, 0) is 10.2 Å².